The van der Waals surface area contributed by atoms with Gasteiger partial charge in [-0.3, -0.25) is 0 Å². The Morgan fingerprint density at radius 1 is 1.07 bits per heavy atom. The van der Waals surface area contributed by atoms with E-state index in [0.29, 0.717) is 11.7 Å². The monoisotopic (exact) mass is 273 g/mol. The van der Waals surface area contributed by atoms with Gasteiger partial charge < -0.3 is 0 Å². The molecule has 0 bridgehead atoms. The molecule has 0 heterocycles. The Morgan fingerprint density at radius 3 is 2.29 bits per heavy atom. The summed E-state index contributed by atoms with van der Waals surface area (Å²) in [6, 6.07) is 2.04. The predicted octanol–water partition coefficient (Wildman–Crippen LogP) is 3.56. The first-order chi connectivity index (χ1) is 6.56. The van der Waals surface area contributed by atoms with Gasteiger partial charge in [-0.2, -0.15) is 0 Å². The molecule has 0 spiro atoms. The molecular weight excluding hydrogens is 258 g/mol. The second-order valence-corrected chi connectivity index (χ2v) is 5.31. The average Bonchev–Trinajstić information content (AvgIpc) is 2.08. The Balaban J connectivity index is 3.04. The van der Waals surface area contributed by atoms with E-state index in [2.05, 4.69) is 0 Å². The van der Waals surface area contributed by atoms with Crippen molar-refractivity contribution in [2.75, 3.05) is 0 Å². The third kappa shape index (κ3) is 11.8. The van der Waals surface area contributed by atoms with E-state index in [1.807, 2.05) is 6.07 Å². The summed E-state index contributed by atoms with van der Waals surface area (Å²) < 4.78 is 35.1. The van der Waals surface area contributed by atoms with E-state index < -0.39 is 11.5 Å². The molecule has 0 N–H and O–H groups in total. The molecule has 0 unspecified atom stereocenters. The maximum atomic E-state index is 11.7. The molecular formula is C9H14F3NSe. The van der Waals surface area contributed by atoms with Crippen molar-refractivity contribution < 1.29 is 13.2 Å². The van der Waals surface area contributed by atoms with Crippen molar-refractivity contribution >= 4 is 15.0 Å². The van der Waals surface area contributed by atoms with Crippen LogP contribution >= 0.6 is 0 Å². The molecule has 0 aromatic heterocycles. The Labute approximate surface area is 88.8 Å². The second kappa shape index (κ2) is 8.14. The molecule has 0 atom stereocenters. The molecule has 14 heavy (non-hydrogen) atoms. The standard InChI is InChI=1S/C9H14F3NSe/c10-9(11,12)8-14-7-5-3-1-2-4-6-13/h1-5,7-8H2. The Bertz CT molecular complexity index is 174. The van der Waals surface area contributed by atoms with Gasteiger partial charge in [0.1, 0.15) is 0 Å². The van der Waals surface area contributed by atoms with Gasteiger partial charge in [-0.15, -0.1) is 0 Å². The van der Waals surface area contributed by atoms with Crippen molar-refractivity contribution in [3.63, 3.8) is 0 Å². The topological polar surface area (TPSA) is 23.8 Å². The van der Waals surface area contributed by atoms with Crippen LogP contribution in [0.25, 0.3) is 0 Å². The third-order valence-corrected chi connectivity index (χ3v) is 3.92. The van der Waals surface area contributed by atoms with Crippen molar-refractivity contribution in [3.05, 3.63) is 0 Å². The number of rotatable bonds is 7. The van der Waals surface area contributed by atoms with Crippen LogP contribution in [-0.4, -0.2) is 21.1 Å². The van der Waals surface area contributed by atoms with Gasteiger partial charge in [0, 0.05) is 0 Å². The third-order valence-electron chi connectivity index (χ3n) is 1.59. The molecule has 0 aromatic carbocycles. The summed E-state index contributed by atoms with van der Waals surface area (Å²) in [5.41, 5.74) is 0. The molecule has 0 saturated carbocycles. The van der Waals surface area contributed by atoms with Crippen molar-refractivity contribution in [1.82, 2.24) is 0 Å². The van der Waals surface area contributed by atoms with E-state index >= 15 is 0 Å². The first-order valence-corrected chi connectivity index (χ1v) is 7.00. The second-order valence-electron chi connectivity index (χ2n) is 2.99. The normalized spacial score (nSPS) is 11.3. The van der Waals surface area contributed by atoms with E-state index in [0.717, 1.165) is 25.7 Å². The minimum atomic E-state index is -3.97. The molecule has 0 aliphatic rings. The average molecular weight is 272 g/mol. The fourth-order valence-corrected chi connectivity index (χ4v) is 2.59. The van der Waals surface area contributed by atoms with E-state index in [4.69, 9.17) is 5.26 Å². The number of halogens is 3. The predicted molar refractivity (Wildman–Crippen MR) is 50.1 cm³/mol. The SMILES string of the molecule is N#CCCCCCC[Se]CC(F)(F)F. The number of hydrogen-bond acceptors (Lipinski definition) is 1. The maximum absolute atomic E-state index is 11.7. The van der Waals surface area contributed by atoms with Gasteiger partial charge in [-0.05, 0) is 0 Å². The zero-order chi connectivity index (χ0) is 10.9. The molecule has 1 nitrogen and oxygen atoms in total. The number of alkyl halides is 3. The fraction of sp³-hybridized carbons (Fsp3) is 0.889. The molecule has 0 aromatic rings. The molecule has 0 fully saturated rings. The fourth-order valence-electron chi connectivity index (χ4n) is 0.950. The summed E-state index contributed by atoms with van der Waals surface area (Å²) in [6.45, 7) is 0. The van der Waals surface area contributed by atoms with Gasteiger partial charge in [0.25, 0.3) is 0 Å². The number of unbranched alkanes of at least 4 members (excludes halogenated alkanes) is 4. The number of nitrogens with zero attached hydrogens (tertiary/aromatic N) is 1. The van der Waals surface area contributed by atoms with E-state index in [1.54, 1.807) is 0 Å². The van der Waals surface area contributed by atoms with Crippen LogP contribution in [0.3, 0.4) is 0 Å². The summed E-state index contributed by atoms with van der Waals surface area (Å²) in [5.74, 6) is 0. The zero-order valence-electron chi connectivity index (χ0n) is 7.94. The summed E-state index contributed by atoms with van der Waals surface area (Å²) >= 11 is -0.284. The Morgan fingerprint density at radius 2 is 1.71 bits per heavy atom. The first kappa shape index (κ1) is 13.8. The van der Waals surface area contributed by atoms with E-state index in [9.17, 15) is 13.2 Å². The van der Waals surface area contributed by atoms with Gasteiger partial charge in [0.05, 0.1) is 0 Å². The van der Waals surface area contributed by atoms with Crippen LogP contribution in [0.2, 0.25) is 10.6 Å². The molecule has 5 heteroatoms. The number of nitriles is 1. The van der Waals surface area contributed by atoms with Crippen LogP contribution in [0, 0.1) is 11.3 Å². The Hall–Kier alpha value is -0.201. The van der Waals surface area contributed by atoms with Gasteiger partial charge in [0.2, 0.25) is 0 Å². The first-order valence-electron chi connectivity index (χ1n) is 4.58. The van der Waals surface area contributed by atoms with E-state index in [-0.39, 0.29) is 15.0 Å². The summed E-state index contributed by atoms with van der Waals surface area (Å²) in [4.78, 5) is 0. The van der Waals surface area contributed by atoms with Crippen LogP contribution in [0.1, 0.15) is 32.1 Å². The zero-order valence-corrected chi connectivity index (χ0v) is 9.65. The molecule has 0 radical (unpaired) electrons. The van der Waals surface area contributed by atoms with Crippen molar-refractivity contribution in [2.45, 2.75) is 48.9 Å². The van der Waals surface area contributed by atoms with Crippen LogP contribution in [0.4, 0.5) is 13.2 Å². The van der Waals surface area contributed by atoms with Crippen molar-refractivity contribution in [1.29, 1.82) is 5.26 Å². The summed E-state index contributed by atoms with van der Waals surface area (Å²) in [6.07, 6.45) is 0.274. The van der Waals surface area contributed by atoms with Gasteiger partial charge >= 0.3 is 88.4 Å². The summed E-state index contributed by atoms with van der Waals surface area (Å²) in [7, 11) is 0. The molecule has 0 aliphatic carbocycles. The Kier molecular flexibility index (Phi) is 8.02. The number of hydrogen-bond donors (Lipinski definition) is 0. The minimum absolute atomic E-state index is 0.284. The molecule has 0 amide bonds. The van der Waals surface area contributed by atoms with Crippen LogP contribution in [0.15, 0.2) is 0 Å². The van der Waals surface area contributed by atoms with Crippen molar-refractivity contribution in [2.24, 2.45) is 0 Å². The van der Waals surface area contributed by atoms with Gasteiger partial charge in [-0.25, -0.2) is 0 Å². The van der Waals surface area contributed by atoms with Gasteiger partial charge in [-0.1, -0.05) is 0 Å². The summed E-state index contributed by atoms with van der Waals surface area (Å²) in [5, 5.41) is 8.33. The van der Waals surface area contributed by atoms with Crippen LogP contribution < -0.4 is 0 Å². The van der Waals surface area contributed by atoms with Crippen molar-refractivity contribution in [3.8, 4) is 6.07 Å². The van der Waals surface area contributed by atoms with Crippen LogP contribution in [-0.2, 0) is 0 Å². The van der Waals surface area contributed by atoms with Crippen LogP contribution in [0.5, 0.6) is 0 Å². The van der Waals surface area contributed by atoms with E-state index in [1.165, 1.54) is 0 Å². The molecule has 82 valence electrons. The molecule has 0 aliphatic heterocycles. The van der Waals surface area contributed by atoms with Gasteiger partial charge in [0.15, 0.2) is 0 Å². The molecule has 0 saturated heterocycles. The quantitative estimate of drug-likeness (QED) is 0.513. The molecule has 0 rings (SSSR count).